The molecule has 0 heterocycles. The highest BCUT2D eigenvalue weighted by molar-refractivity contribution is 5.98. The third kappa shape index (κ3) is 4.04. The van der Waals surface area contributed by atoms with E-state index in [2.05, 4.69) is 10.6 Å². The maximum absolute atomic E-state index is 12.3. The van der Waals surface area contributed by atoms with Gasteiger partial charge in [0.2, 0.25) is 11.8 Å². The van der Waals surface area contributed by atoms with Gasteiger partial charge in [-0.2, -0.15) is 0 Å². The quantitative estimate of drug-likeness (QED) is 0.769. The molecular formula is C16H22N2O3. The van der Waals surface area contributed by atoms with Crippen molar-refractivity contribution in [3.8, 4) is 0 Å². The Bertz CT molecular complexity index is 550. The van der Waals surface area contributed by atoms with E-state index in [4.69, 9.17) is 0 Å². The molecule has 0 aromatic heterocycles. The van der Waals surface area contributed by atoms with Crippen LogP contribution in [-0.4, -0.2) is 29.1 Å². The summed E-state index contributed by atoms with van der Waals surface area (Å²) in [4.78, 5) is 24.1. The van der Waals surface area contributed by atoms with E-state index in [9.17, 15) is 14.7 Å². The lowest BCUT2D eigenvalue weighted by Crippen LogP contribution is -2.50. The van der Waals surface area contributed by atoms with Crippen LogP contribution in [0.4, 0.5) is 5.69 Å². The highest BCUT2D eigenvalue weighted by atomic mass is 16.3. The number of hydrogen-bond donors (Lipinski definition) is 3. The maximum Gasteiger partial charge on any atom is 0.249 e. The first-order valence-corrected chi connectivity index (χ1v) is 7.25. The molecule has 2 rings (SSSR count). The Balaban J connectivity index is 2.05. The van der Waals surface area contributed by atoms with Gasteiger partial charge in [-0.3, -0.25) is 9.59 Å². The first-order valence-electron chi connectivity index (χ1n) is 7.25. The Labute approximate surface area is 124 Å². The Hall–Kier alpha value is -1.88. The van der Waals surface area contributed by atoms with Gasteiger partial charge in [0.25, 0.3) is 0 Å². The van der Waals surface area contributed by atoms with E-state index in [1.54, 1.807) is 0 Å². The minimum Gasteiger partial charge on any atom is -0.391 e. The minimum atomic E-state index is -0.946. The summed E-state index contributed by atoms with van der Waals surface area (Å²) in [5.74, 6) is -0.553. The normalized spacial score (nSPS) is 17.0. The van der Waals surface area contributed by atoms with E-state index in [0.717, 1.165) is 24.0 Å². The van der Waals surface area contributed by atoms with E-state index in [-0.39, 0.29) is 11.8 Å². The first-order chi connectivity index (χ1) is 9.88. The van der Waals surface area contributed by atoms with Crippen LogP contribution in [0.2, 0.25) is 0 Å². The van der Waals surface area contributed by atoms with Gasteiger partial charge in [0.05, 0.1) is 6.10 Å². The van der Waals surface area contributed by atoms with Crippen LogP contribution in [0.15, 0.2) is 18.2 Å². The summed E-state index contributed by atoms with van der Waals surface area (Å²) in [6.45, 7) is 5.38. The molecule has 0 saturated heterocycles. The summed E-state index contributed by atoms with van der Waals surface area (Å²) in [6, 6.07) is 4.77. The second kappa shape index (κ2) is 6.26. The van der Waals surface area contributed by atoms with Gasteiger partial charge < -0.3 is 15.7 Å². The van der Waals surface area contributed by atoms with Crippen LogP contribution < -0.4 is 10.6 Å². The SMILES string of the molecule is Cc1ccc(NC(=O)C(NC(=O)C2CC2)C(C)O)c(C)c1. The van der Waals surface area contributed by atoms with E-state index in [1.807, 2.05) is 32.0 Å². The number of aryl methyl sites for hydroxylation is 2. The van der Waals surface area contributed by atoms with E-state index >= 15 is 0 Å². The van der Waals surface area contributed by atoms with Crippen LogP contribution in [0.3, 0.4) is 0 Å². The molecule has 114 valence electrons. The Kier molecular flexibility index (Phi) is 4.63. The third-order valence-electron chi connectivity index (χ3n) is 3.65. The van der Waals surface area contributed by atoms with Crippen LogP contribution in [0.1, 0.15) is 30.9 Å². The Morgan fingerprint density at radius 1 is 1.29 bits per heavy atom. The molecule has 0 spiro atoms. The molecule has 0 aliphatic heterocycles. The molecule has 5 heteroatoms. The largest absolute Gasteiger partial charge is 0.391 e. The summed E-state index contributed by atoms with van der Waals surface area (Å²) < 4.78 is 0. The number of aliphatic hydroxyl groups excluding tert-OH is 1. The third-order valence-corrected chi connectivity index (χ3v) is 3.65. The number of carbonyl (C=O) groups is 2. The zero-order valence-corrected chi connectivity index (χ0v) is 12.6. The van der Waals surface area contributed by atoms with Crippen molar-refractivity contribution < 1.29 is 14.7 Å². The molecule has 2 unspecified atom stereocenters. The maximum atomic E-state index is 12.3. The lowest BCUT2D eigenvalue weighted by atomic mass is 10.1. The monoisotopic (exact) mass is 290 g/mol. The zero-order chi connectivity index (χ0) is 15.6. The standard InChI is InChI=1S/C16H22N2O3/c1-9-4-7-13(10(2)8-9)17-16(21)14(11(3)19)18-15(20)12-5-6-12/h4,7-8,11-12,14,19H,5-6H2,1-3H3,(H,17,21)(H,18,20). The molecule has 1 saturated carbocycles. The lowest BCUT2D eigenvalue weighted by molar-refractivity contribution is -0.129. The summed E-state index contributed by atoms with van der Waals surface area (Å²) in [5, 5.41) is 15.1. The van der Waals surface area contributed by atoms with Crippen molar-refractivity contribution in [2.75, 3.05) is 5.32 Å². The van der Waals surface area contributed by atoms with Gasteiger partial charge in [-0.15, -0.1) is 0 Å². The average molecular weight is 290 g/mol. The summed E-state index contributed by atoms with van der Waals surface area (Å²) in [5.41, 5.74) is 2.75. The molecule has 1 aliphatic carbocycles. The van der Waals surface area contributed by atoms with Crippen molar-refractivity contribution >= 4 is 17.5 Å². The van der Waals surface area contributed by atoms with Crippen molar-refractivity contribution in [1.82, 2.24) is 5.32 Å². The van der Waals surface area contributed by atoms with Crippen molar-refractivity contribution in [1.29, 1.82) is 0 Å². The van der Waals surface area contributed by atoms with Gasteiger partial charge in [-0.1, -0.05) is 17.7 Å². The molecule has 1 aromatic rings. The number of rotatable bonds is 5. The second-order valence-corrected chi connectivity index (χ2v) is 5.81. The highest BCUT2D eigenvalue weighted by Crippen LogP contribution is 2.29. The summed E-state index contributed by atoms with van der Waals surface area (Å²) in [7, 11) is 0. The molecule has 2 amide bonds. The molecule has 1 aliphatic rings. The van der Waals surface area contributed by atoms with E-state index in [0.29, 0.717) is 5.69 Å². The smallest absolute Gasteiger partial charge is 0.249 e. The van der Waals surface area contributed by atoms with E-state index < -0.39 is 18.1 Å². The van der Waals surface area contributed by atoms with Crippen LogP contribution in [0, 0.1) is 19.8 Å². The van der Waals surface area contributed by atoms with Gasteiger partial charge in [0.15, 0.2) is 0 Å². The molecule has 2 atom stereocenters. The van der Waals surface area contributed by atoms with E-state index in [1.165, 1.54) is 6.92 Å². The van der Waals surface area contributed by atoms with Crippen LogP contribution in [0.25, 0.3) is 0 Å². The van der Waals surface area contributed by atoms with Crippen LogP contribution >= 0.6 is 0 Å². The number of anilines is 1. The average Bonchev–Trinajstić information content (AvgIpc) is 3.22. The number of aliphatic hydroxyl groups is 1. The molecule has 5 nitrogen and oxygen atoms in total. The van der Waals surface area contributed by atoms with Crippen molar-refractivity contribution in [3.05, 3.63) is 29.3 Å². The Morgan fingerprint density at radius 3 is 2.48 bits per heavy atom. The number of hydrogen-bond acceptors (Lipinski definition) is 3. The fourth-order valence-electron chi connectivity index (χ4n) is 2.19. The van der Waals surface area contributed by atoms with Crippen molar-refractivity contribution in [2.24, 2.45) is 5.92 Å². The first kappa shape index (κ1) is 15.5. The van der Waals surface area contributed by atoms with Crippen molar-refractivity contribution in [2.45, 2.75) is 45.8 Å². The second-order valence-electron chi connectivity index (χ2n) is 5.81. The summed E-state index contributed by atoms with van der Waals surface area (Å²) in [6.07, 6.45) is 0.770. The molecule has 3 N–H and O–H groups in total. The topological polar surface area (TPSA) is 78.4 Å². The molecule has 0 bridgehead atoms. The highest BCUT2D eigenvalue weighted by Gasteiger charge is 2.34. The van der Waals surface area contributed by atoms with Gasteiger partial charge in [-0.05, 0) is 45.2 Å². The lowest BCUT2D eigenvalue weighted by Gasteiger charge is -2.21. The number of amides is 2. The van der Waals surface area contributed by atoms with Gasteiger partial charge in [-0.25, -0.2) is 0 Å². The van der Waals surface area contributed by atoms with Gasteiger partial charge in [0, 0.05) is 11.6 Å². The number of benzene rings is 1. The fourth-order valence-corrected chi connectivity index (χ4v) is 2.19. The van der Waals surface area contributed by atoms with Crippen LogP contribution in [0.5, 0.6) is 0 Å². The minimum absolute atomic E-state index is 0.000149. The molecule has 0 radical (unpaired) electrons. The number of carbonyl (C=O) groups excluding carboxylic acids is 2. The zero-order valence-electron chi connectivity index (χ0n) is 12.6. The molecule has 1 aromatic carbocycles. The predicted molar refractivity (Wildman–Crippen MR) is 80.9 cm³/mol. The molecule has 1 fully saturated rings. The van der Waals surface area contributed by atoms with Crippen LogP contribution in [-0.2, 0) is 9.59 Å². The van der Waals surface area contributed by atoms with Gasteiger partial charge in [0.1, 0.15) is 6.04 Å². The van der Waals surface area contributed by atoms with Crippen molar-refractivity contribution in [3.63, 3.8) is 0 Å². The Morgan fingerprint density at radius 2 is 1.95 bits per heavy atom. The summed E-state index contributed by atoms with van der Waals surface area (Å²) >= 11 is 0. The number of nitrogens with one attached hydrogen (secondary N) is 2. The fraction of sp³-hybridized carbons (Fsp3) is 0.500. The van der Waals surface area contributed by atoms with Gasteiger partial charge >= 0.3 is 0 Å². The molecule has 21 heavy (non-hydrogen) atoms. The molecular weight excluding hydrogens is 268 g/mol. The predicted octanol–water partition coefficient (Wildman–Crippen LogP) is 1.52.